The smallest absolute Gasteiger partial charge is 0.305 e. The molecular weight excluding hydrogens is 646 g/mol. The summed E-state index contributed by atoms with van der Waals surface area (Å²) in [7, 11) is 0. The number of aliphatic carboxylic acids is 1. The van der Waals surface area contributed by atoms with Crippen molar-refractivity contribution in [1.29, 1.82) is 0 Å². The third kappa shape index (κ3) is 21.9. The first kappa shape index (κ1) is 50.2. The van der Waals surface area contributed by atoms with Crippen molar-refractivity contribution in [3.05, 3.63) is 18.2 Å². The van der Waals surface area contributed by atoms with Gasteiger partial charge in [-0.05, 0) is 123 Å². The van der Waals surface area contributed by atoms with Gasteiger partial charge in [-0.2, -0.15) is 0 Å². The van der Waals surface area contributed by atoms with Crippen LogP contribution in [0.4, 0.5) is 0 Å². The Morgan fingerprint density at radius 1 is 0.725 bits per heavy atom. The molecule has 0 amide bonds. The molecule has 1 aromatic rings. The van der Waals surface area contributed by atoms with Crippen molar-refractivity contribution in [1.82, 2.24) is 24.7 Å². The van der Waals surface area contributed by atoms with E-state index in [0.717, 1.165) is 25.0 Å². The van der Waals surface area contributed by atoms with Crippen molar-refractivity contribution in [2.75, 3.05) is 13.1 Å². The number of aliphatic imine (C=N–C) groups is 1. The number of carboxylic acids is 1. The normalized spacial score (nSPS) is 13.5. The summed E-state index contributed by atoms with van der Waals surface area (Å²) in [6.07, 6.45) is 7.38. The lowest BCUT2D eigenvalue weighted by Gasteiger charge is -2.38. The topological polar surface area (TPSA) is 200 Å². The van der Waals surface area contributed by atoms with E-state index < -0.39 is 5.97 Å². The first-order valence-corrected chi connectivity index (χ1v) is 18.8. The molecule has 1 heterocycles. The lowest BCUT2D eigenvalue weighted by atomic mass is 10.0. The molecule has 8 N–H and O–H groups in total. The largest absolute Gasteiger partial charge is 0.481 e. The molecule has 0 radical (unpaired) electrons. The molecular formula is C38H77N9O4. The average Bonchev–Trinajstić information content (AvgIpc) is 3.49. The number of nitrogens with one attached hydrogen (secondary N) is 1. The van der Waals surface area contributed by atoms with E-state index in [4.69, 9.17) is 22.3 Å². The summed E-state index contributed by atoms with van der Waals surface area (Å²) in [6, 6.07) is 2.69. The second-order valence-corrected chi connectivity index (χ2v) is 15.2. The van der Waals surface area contributed by atoms with E-state index in [1.807, 2.05) is 0 Å². The Balaban J connectivity index is 0. The quantitative estimate of drug-likeness (QED) is 0.0763. The standard InChI is InChI=1S/C13H28N4O.C13H28N2O.C12H21N3O2/c1-9(2)17(10(3)4)12(8-11(5)18)6-7-16-13(14)15;1-10(2)15(11(3)4)13(7-6-8-14)9-12(5)16;1-8(2)15(9(3)4)11(5-12(16)17)10-6-13-7-14-10/h9-10,12H,6-8H2,1-5H3,(H4,14,15,16);10-11,13H,6-9,14H2,1-5H3;6-9,11H,5H2,1-4H3,(H,13,14)(H,16,17). The van der Waals surface area contributed by atoms with Crippen LogP contribution in [0.25, 0.3) is 0 Å². The molecule has 1 aromatic heterocycles. The van der Waals surface area contributed by atoms with Gasteiger partial charge in [0.15, 0.2) is 5.96 Å². The molecule has 1 rings (SSSR count). The second kappa shape index (κ2) is 26.8. The molecule has 13 nitrogen and oxygen atoms in total. The Bertz CT molecular complexity index is 1080. The number of hydrogen-bond acceptors (Lipinski definition) is 9. The van der Waals surface area contributed by atoms with E-state index in [2.05, 4.69) is 113 Å². The van der Waals surface area contributed by atoms with Crippen molar-refractivity contribution < 1.29 is 19.5 Å². The number of ketones is 2. The van der Waals surface area contributed by atoms with E-state index in [0.29, 0.717) is 56.1 Å². The Hall–Kier alpha value is -2.87. The van der Waals surface area contributed by atoms with E-state index in [9.17, 15) is 14.4 Å². The van der Waals surface area contributed by atoms with Crippen LogP contribution in [0, 0.1) is 0 Å². The summed E-state index contributed by atoms with van der Waals surface area (Å²) in [5.74, 6) is -0.211. The molecule has 3 unspecified atom stereocenters. The van der Waals surface area contributed by atoms with Crippen molar-refractivity contribution >= 4 is 23.5 Å². The second-order valence-electron chi connectivity index (χ2n) is 15.2. The highest BCUT2D eigenvalue weighted by atomic mass is 16.4. The predicted octanol–water partition coefficient (Wildman–Crippen LogP) is 5.35. The molecule has 0 saturated heterocycles. The SMILES string of the molecule is CC(=O)CC(CCCN)N(C(C)C)C(C)C.CC(=O)CC(CCN=C(N)N)N(C(C)C)C(C)C.CC(C)N(C(C)C)C(CC(=O)O)c1cnc[nH]1. The highest BCUT2D eigenvalue weighted by Crippen LogP contribution is 2.27. The van der Waals surface area contributed by atoms with Crippen LogP contribution in [-0.4, -0.2) is 115 Å². The van der Waals surface area contributed by atoms with Crippen LogP contribution in [0.2, 0.25) is 0 Å². The molecule has 0 saturated carbocycles. The van der Waals surface area contributed by atoms with Crippen LogP contribution in [-0.2, 0) is 14.4 Å². The summed E-state index contributed by atoms with van der Waals surface area (Å²) in [5.41, 5.74) is 17.1. The minimum absolute atomic E-state index is 0.0819. The Morgan fingerprint density at radius 3 is 1.43 bits per heavy atom. The van der Waals surface area contributed by atoms with Crippen LogP contribution in [0.15, 0.2) is 17.5 Å². The number of carboxylic acid groups (broad SMARTS) is 1. The predicted molar refractivity (Wildman–Crippen MR) is 212 cm³/mol. The fraction of sp³-hybridized carbons (Fsp3) is 0.816. The molecule has 0 aliphatic rings. The number of H-pyrrole nitrogens is 1. The summed E-state index contributed by atoms with van der Waals surface area (Å²) in [4.78, 5) is 51.7. The van der Waals surface area contributed by atoms with Gasteiger partial charge in [0.1, 0.15) is 11.6 Å². The third-order valence-corrected chi connectivity index (χ3v) is 8.57. The molecule has 0 aliphatic carbocycles. The first-order chi connectivity index (χ1) is 23.6. The number of nitrogens with two attached hydrogens (primary N) is 3. The van der Waals surface area contributed by atoms with Gasteiger partial charge < -0.3 is 27.3 Å². The van der Waals surface area contributed by atoms with Gasteiger partial charge in [-0.1, -0.05) is 0 Å². The number of nitrogens with zero attached hydrogens (tertiary/aromatic N) is 5. The van der Waals surface area contributed by atoms with E-state index in [1.54, 1.807) is 26.4 Å². The van der Waals surface area contributed by atoms with Gasteiger partial charge in [0.05, 0.1) is 24.5 Å². The zero-order chi connectivity index (χ0) is 40.0. The fourth-order valence-electron chi connectivity index (χ4n) is 7.26. The lowest BCUT2D eigenvalue weighted by molar-refractivity contribution is -0.139. The maximum absolute atomic E-state index is 11.4. The molecule has 3 atom stereocenters. The molecule has 0 aromatic carbocycles. The van der Waals surface area contributed by atoms with Crippen LogP contribution in [0.1, 0.15) is 147 Å². The van der Waals surface area contributed by atoms with Crippen molar-refractivity contribution in [2.24, 2.45) is 22.2 Å². The molecule has 0 aliphatic heterocycles. The molecule has 298 valence electrons. The number of aromatic nitrogens is 2. The van der Waals surface area contributed by atoms with E-state index in [1.165, 1.54) is 0 Å². The molecule has 0 fully saturated rings. The maximum Gasteiger partial charge on any atom is 0.305 e. The lowest BCUT2D eigenvalue weighted by Crippen LogP contribution is -2.46. The molecule has 0 bridgehead atoms. The maximum atomic E-state index is 11.4. The Kier molecular flexibility index (Phi) is 26.4. The Labute approximate surface area is 310 Å². The van der Waals surface area contributed by atoms with Crippen LogP contribution in [0.5, 0.6) is 0 Å². The van der Waals surface area contributed by atoms with Gasteiger partial charge in [0, 0.05) is 73.9 Å². The van der Waals surface area contributed by atoms with Crippen molar-refractivity contribution in [3.63, 3.8) is 0 Å². The number of aromatic amines is 1. The number of carbonyl (C=O) groups excluding carboxylic acids is 2. The average molecular weight is 724 g/mol. The first-order valence-electron chi connectivity index (χ1n) is 18.8. The zero-order valence-corrected chi connectivity index (χ0v) is 34.6. The summed E-state index contributed by atoms with van der Waals surface area (Å²) < 4.78 is 0. The van der Waals surface area contributed by atoms with E-state index >= 15 is 0 Å². The fourth-order valence-corrected chi connectivity index (χ4v) is 7.26. The zero-order valence-electron chi connectivity index (χ0n) is 34.6. The van der Waals surface area contributed by atoms with Gasteiger partial charge in [0.2, 0.25) is 0 Å². The van der Waals surface area contributed by atoms with Gasteiger partial charge >= 0.3 is 5.97 Å². The van der Waals surface area contributed by atoms with Crippen molar-refractivity contribution in [2.45, 2.75) is 190 Å². The van der Waals surface area contributed by atoms with Crippen LogP contribution < -0.4 is 17.2 Å². The third-order valence-electron chi connectivity index (χ3n) is 8.57. The van der Waals surface area contributed by atoms with Gasteiger partial charge in [-0.15, -0.1) is 0 Å². The summed E-state index contributed by atoms with van der Waals surface area (Å²) in [5, 5.41) is 9.03. The molecule has 51 heavy (non-hydrogen) atoms. The number of carbonyl (C=O) groups is 3. The minimum Gasteiger partial charge on any atom is -0.481 e. The van der Waals surface area contributed by atoms with Gasteiger partial charge in [-0.25, -0.2) is 4.98 Å². The highest BCUT2D eigenvalue weighted by molar-refractivity contribution is 5.76. The minimum atomic E-state index is -0.795. The van der Waals surface area contributed by atoms with Crippen molar-refractivity contribution in [3.8, 4) is 0 Å². The number of guanidine groups is 1. The Morgan fingerprint density at radius 2 is 1.14 bits per heavy atom. The van der Waals surface area contributed by atoms with Gasteiger partial charge in [-0.3, -0.25) is 34.1 Å². The summed E-state index contributed by atoms with van der Waals surface area (Å²) >= 11 is 0. The number of imidazole rings is 1. The molecule has 13 heteroatoms. The van der Waals surface area contributed by atoms with Gasteiger partial charge in [0.25, 0.3) is 0 Å². The van der Waals surface area contributed by atoms with E-state index in [-0.39, 0.29) is 48.1 Å². The number of Topliss-reactive ketones (excluding diaryl/α,β-unsaturated/α-hetero) is 2. The number of rotatable bonds is 22. The highest BCUT2D eigenvalue weighted by Gasteiger charge is 2.29. The molecule has 0 spiro atoms. The number of hydrogen-bond donors (Lipinski definition) is 5. The summed E-state index contributed by atoms with van der Waals surface area (Å²) in [6.45, 7) is 30.2. The van der Waals surface area contributed by atoms with Crippen LogP contribution >= 0.6 is 0 Å². The monoisotopic (exact) mass is 724 g/mol. The van der Waals surface area contributed by atoms with Crippen LogP contribution in [0.3, 0.4) is 0 Å².